The number of rotatable bonds is 6. The average Bonchev–Trinajstić information content (AvgIpc) is 2.41. The molecule has 0 saturated carbocycles. The van der Waals surface area contributed by atoms with Crippen molar-refractivity contribution in [3.05, 3.63) is 23.8 Å². The van der Waals surface area contributed by atoms with Crippen molar-refractivity contribution in [1.29, 1.82) is 0 Å². The Labute approximate surface area is 119 Å². The van der Waals surface area contributed by atoms with Gasteiger partial charge in [-0.3, -0.25) is 9.59 Å². The monoisotopic (exact) mass is 305 g/mol. The molecule has 0 fully saturated rings. The highest BCUT2D eigenvalue weighted by molar-refractivity contribution is 5.94. The molecule has 0 heterocycles. The van der Waals surface area contributed by atoms with Crippen LogP contribution in [0.3, 0.4) is 0 Å². The summed E-state index contributed by atoms with van der Waals surface area (Å²) in [6.45, 7) is -0.638. The third kappa shape index (κ3) is 5.72. The van der Waals surface area contributed by atoms with Crippen LogP contribution in [0.15, 0.2) is 18.2 Å². The van der Waals surface area contributed by atoms with Crippen LogP contribution in [0.4, 0.5) is 13.2 Å². The molecule has 0 spiro atoms. The normalized spacial score (nSPS) is 10.9. The van der Waals surface area contributed by atoms with E-state index in [1.807, 2.05) is 0 Å². The molecule has 116 valence electrons. The molecule has 5 nitrogen and oxygen atoms in total. The largest absolute Gasteiger partial charge is 0.493 e. The molecule has 1 N–H and O–H groups in total. The predicted molar refractivity (Wildman–Crippen MR) is 67.6 cm³/mol. The number of alkyl halides is 3. The Morgan fingerprint density at radius 1 is 1.24 bits per heavy atom. The number of amides is 1. The van der Waals surface area contributed by atoms with Gasteiger partial charge in [0, 0.05) is 5.56 Å². The molecule has 0 aliphatic carbocycles. The van der Waals surface area contributed by atoms with Crippen LogP contribution in [0, 0.1) is 0 Å². The van der Waals surface area contributed by atoms with E-state index in [0.29, 0.717) is 5.56 Å². The lowest BCUT2D eigenvalue weighted by Gasteiger charge is -2.12. The molecule has 1 rings (SSSR count). The molecule has 0 unspecified atom stereocenters. The first-order valence-corrected chi connectivity index (χ1v) is 5.88. The minimum absolute atomic E-state index is 0.157. The van der Waals surface area contributed by atoms with Crippen molar-refractivity contribution in [3.63, 3.8) is 0 Å². The number of carbonyl (C=O) groups is 2. The highest BCUT2D eigenvalue weighted by Crippen LogP contribution is 2.28. The molecule has 0 radical (unpaired) electrons. The smallest absolute Gasteiger partial charge is 0.405 e. The lowest BCUT2D eigenvalue weighted by molar-refractivity contribution is -0.139. The Hall–Kier alpha value is -2.25. The Balaban J connectivity index is 2.63. The second-order valence-corrected chi connectivity index (χ2v) is 4.10. The summed E-state index contributed by atoms with van der Waals surface area (Å²) in [5.74, 6) is -0.719. The topological polar surface area (TPSA) is 64.6 Å². The summed E-state index contributed by atoms with van der Waals surface area (Å²) in [7, 11) is 1.34. The first-order chi connectivity index (χ1) is 9.73. The summed E-state index contributed by atoms with van der Waals surface area (Å²) < 4.78 is 45.8. The molecule has 0 saturated heterocycles. The van der Waals surface area contributed by atoms with Crippen molar-refractivity contribution >= 4 is 11.7 Å². The van der Waals surface area contributed by atoms with Gasteiger partial charge in [0.1, 0.15) is 6.54 Å². The van der Waals surface area contributed by atoms with Crippen LogP contribution in [-0.4, -0.2) is 38.1 Å². The third-order valence-corrected chi connectivity index (χ3v) is 2.41. The number of halogens is 3. The molecule has 21 heavy (non-hydrogen) atoms. The van der Waals surface area contributed by atoms with Crippen LogP contribution in [0.25, 0.3) is 0 Å². The zero-order valence-electron chi connectivity index (χ0n) is 11.4. The molecule has 1 amide bonds. The highest BCUT2D eigenvalue weighted by atomic mass is 19.4. The number of nitrogens with one attached hydrogen (secondary N) is 1. The molecule has 0 aromatic heterocycles. The van der Waals surface area contributed by atoms with Gasteiger partial charge in [-0.05, 0) is 25.1 Å². The maximum atomic E-state index is 11.9. The van der Waals surface area contributed by atoms with Gasteiger partial charge in [-0.1, -0.05) is 0 Å². The van der Waals surface area contributed by atoms with Crippen molar-refractivity contribution in [2.45, 2.75) is 13.1 Å². The third-order valence-electron chi connectivity index (χ3n) is 2.41. The second kappa shape index (κ2) is 6.96. The second-order valence-electron chi connectivity index (χ2n) is 4.10. The Morgan fingerprint density at radius 3 is 2.43 bits per heavy atom. The van der Waals surface area contributed by atoms with E-state index in [1.54, 1.807) is 5.32 Å². The summed E-state index contributed by atoms with van der Waals surface area (Å²) >= 11 is 0. The number of methoxy groups -OCH3 is 1. The number of hydrogen-bond donors (Lipinski definition) is 1. The molecule has 1 aromatic rings. The van der Waals surface area contributed by atoms with Crippen LogP contribution in [0.2, 0.25) is 0 Å². The fraction of sp³-hybridized carbons (Fsp3) is 0.385. The number of ketones is 1. The van der Waals surface area contributed by atoms with Crippen LogP contribution in [0.5, 0.6) is 11.5 Å². The quantitative estimate of drug-likeness (QED) is 0.816. The van der Waals surface area contributed by atoms with Crippen LogP contribution in [-0.2, 0) is 4.79 Å². The molecule has 1 aromatic carbocycles. The summed E-state index contributed by atoms with van der Waals surface area (Å²) in [6, 6.07) is 4.30. The van der Waals surface area contributed by atoms with E-state index >= 15 is 0 Å². The van der Waals surface area contributed by atoms with Crippen molar-refractivity contribution in [2.75, 3.05) is 20.3 Å². The maximum Gasteiger partial charge on any atom is 0.405 e. The summed E-state index contributed by atoms with van der Waals surface area (Å²) in [6.07, 6.45) is -4.48. The molecular weight excluding hydrogens is 291 g/mol. The van der Waals surface area contributed by atoms with Gasteiger partial charge < -0.3 is 14.8 Å². The molecule has 0 aliphatic rings. The van der Waals surface area contributed by atoms with Gasteiger partial charge in [0.2, 0.25) is 0 Å². The van der Waals surface area contributed by atoms with E-state index in [4.69, 9.17) is 9.47 Å². The first kappa shape index (κ1) is 16.8. The molecule has 0 bridgehead atoms. The first-order valence-electron chi connectivity index (χ1n) is 5.88. The van der Waals surface area contributed by atoms with Crippen LogP contribution >= 0.6 is 0 Å². The molecule has 8 heteroatoms. The summed E-state index contributed by atoms with van der Waals surface area (Å²) in [5.41, 5.74) is 0.390. The lowest BCUT2D eigenvalue weighted by Crippen LogP contribution is -2.36. The van der Waals surface area contributed by atoms with Gasteiger partial charge in [0.05, 0.1) is 7.11 Å². The molecule has 0 atom stereocenters. The lowest BCUT2D eigenvalue weighted by atomic mass is 10.1. The van der Waals surface area contributed by atoms with Gasteiger partial charge in [0.25, 0.3) is 5.91 Å². The molecule has 0 aliphatic heterocycles. The van der Waals surface area contributed by atoms with E-state index in [2.05, 4.69) is 0 Å². The van der Waals surface area contributed by atoms with E-state index in [1.165, 1.54) is 32.2 Å². The van der Waals surface area contributed by atoms with Crippen LogP contribution < -0.4 is 14.8 Å². The number of benzene rings is 1. The zero-order chi connectivity index (χ0) is 16.0. The van der Waals surface area contributed by atoms with Crippen molar-refractivity contribution < 1.29 is 32.2 Å². The summed E-state index contributed by atoms with van der Waals surface area (Å²) in [5, 5.41) is 1.68. The Kier molecular flexibility index (Phi) is 5.57. The fourth-order valence-electron chi connectivity index (χ4n) is 1.40. The van der Waals surface area contributed by atoms with Crippen LogP contribution in [0.1, 0.15) is 17.3 Å². The van der Waals surface area contributed by atoms with Crippen molar-refractivity contribution in [2.24, 2.45) is 0 Å². The summed E-state index contributed by atoms with van der Waals surface area (Å²) in [4.78, 5) is 22.4. The van der Waals surface area contributed by atoms with E-state index in [0.717, 1.165) is 0 Å². The van der Waals surface area contributed by atoms with Gasteiger partial charge >= 0.3 is 6.18 Å². The Morgan fingerprint density at radius 2 is 1.90 bits per heavy atom. The van der Waals surface area contributed by atoms with Crippen molar-refractivity contribution in [3.8, 4) is 11.5 Å². The number of hydrogen-bond acceptors (Lipinski definition) is 4. The SMILES string of the molecule is COc1cc(C(C)=O)ccc1OCC(=O)NCC(F)(F)F. The van der Waals surface area contributed by atoms with Gasteiger partial charge in [-0.25, -0.2) is 0 Å². The number of ether oxygens (including phenoxy) is 2. The van der Waals surface area contributed by atoms with Gasteiger partial charge in [-0.2, -0.15) is 13.2 Å². The number of Topliss-reactive ketones (excluding diaryl/α,β-unsaturated/α-hetero) is 1. The van der Waals surface area contributed by atoms with E-state index < -0.39 is 25.2 Å². The maximum absolute atomic E-state index is 11.9. The fourth-order valence-corrected chi connectivity index (χ4v) is 1.40. The average molecular weight is 305 g/mol. The van der Waals surface area contributed by atoms with E-state index in [-0.39, 0.29) is 17.3 Å². The highest BCUT2D eigenvalue weighted by Gasteiger charge is 2.27. The minimum atomic E-state index is -4.48. The number of carbonyl (C=O) groups excluding carboxylic acids is 2. The standard InChI is InChI=1S/C13H14F3NO4/c1-8(18)9-3-4-10(11(5-9)20-2)21-6-12(19)17-7-13(14,15)16/h3-5H,6-7H2,1-2H3,(H,17,19). The van der Waals surface area contributed by atoms with Gasteiger partial charge in [0.15, 0.2) is 23.9 Å². The van der Waals surface area contributed by atoms with Crippen molar-refractivity contribution in [1.82, 2.24) is 5.32 Å². The van der Waals surface area contributed by atoms with E-state index in [9.17, 15) is 22.8 Å². The minimum Gasteiger partial charge on any atom is -0.493 e. The zero-order valence-corrected chi connectivity index (χ0v) is 11.4. The van der Waals surface area contributed by atoms with Gasteiger partial charge in [-0.15, -0.1) is 0 Å². The Bertz CT molecular complexity index is 529. The molecular formula is C13H14F3NO4. The predicted octanol–water partition coefficient (Wildman–Crippen LogP) is 1.96.